The molecule has 16 heavy (non-hydrogen) atoms. The second-order valence-electron chi connectivity index (χ2n) is 3.48. The molecule has 0 bridgehead atoms. The third-order valence-electron chi connectivity index (χ3n) is 2.27. The molecule has 4 nitrogen and oxygen atoms in total. The molecule has 0 spiro atoms. The highest BCUT2D eigenvalue weighted by atomic mass is 28.2. The van der Waals surface area contributed by atoms with Gasteiger partial charge in [0.05, 0.1) is 16.1 Å². The van der Waals surface area contributed by atoms with Crippen molar-refractivity contribution in [2.45, 2.75) is 31.2 Å². The molecule has 0 aliphatic heterocycles. The van der Waals surface area contributed by atoms with Gasteiger partial charge >= 0.3 is 5.97 Å². The first kappa shape index (κ1) is 15.3. The van der Waals surface area contributed by atoms with Crippen LogP contribution in [0.2, 0.25) is 6.04 Å². The molecule has 94 valence electrons. The molecule has 0 atom stereocenters. The third-order valence-corrected chi connectivity index (χ3v) is 4.32. The van der Waals surface area contributed by atoms with E-state index < -0.39 is 0 Å². The maximum absolute atomic E-state index is 10.7. The van der Waals surface area contributed by atoms with Crippen LogP contribution in [0.4, 0.5) is 0 Å². The summed E-state index contributed by atoms with van der Waals surface area (Å²) in [5, 5.41) is 0. The Balaban J connectivity index is 3.21. The van der Waals surface area contributed by atoms with E-state index in [9.17, 15) is 4.79 Å². The van der Waals surface area contributed by atoms with Crippen LogP contribution in [0.3, 0.4) is 0 Å². The van der Waals surface area contributed by atoms with Crippen LogP contribution < -0.4 is 0 Å². The van der Waals surface area contributed by atoms with E-state index in [1.165, 1.54) is 12.1 Å². The number of esters is 1. The number of rotatable bonds is 10. The van der Waals surface area contributed by atoms with Gasteiger partial charge in [0, 0.05) is 20.3 Å². The molecule has 0 radical (unpaired) electrons. The predicted molar refractivity (Wildman–Crippen MR) is 66.2 cm³/mol. The quantitative estimate of drug-likeness (QED) is 0.190. The number of carbonyl (C=O) groups excluding carboxylic acids is 1. The summed E-state index contributed by atoms with van der Waals surface area (Å²) >= 11 is 0. The van der Waals surface area contributed by atoms with Crippen molar-refractivity contribution in [3.63, 3.8) is 0 Å². The molecule has 0 unspecified atom stereocenters. The second kappa shape index (κ2) is 10.9. The van der Waals surface area contributed by atoms with Gasteiger partial charge in [0.15, 0.2) is 0 Å². The molecule has 0 aromatic heterocycles. The van der Waals surface area contributed by atoms with Crippen LogP contribution >= 0.6 is 0 Å². The number of hydrogen-bond acceptors (Lipinski definition) is 4. The Hall–Kier alpha value is -0.653. The summed E-state index contributed by atoms with van der Waals surface area (Å²) in [7, 11) is 3.06. The summed E-state index contributed by atoms with van der Waals surface area (Å²) in [6, 6.07) is 1.20. The lowest BCUT2D eigenvalue weighted by molar-refractivity contribution is -0.137. The standard InChI is InChI=1S/C11H22O4Si/c1-4-10(12)15-8-6-5-7-9-16-11(13-2)14-3/h4,11H,1,5-9,16H2,2-3H3. The van der Waals surface area contributed by atoms with E-state index in [0.29, 0.717) is 6.61 Å². The summed E-state index contributed by atoms with van der Waals surface area (Å²) in [6.45, 7) is 3.82. The van der Waals surface area contributed by atoms with Gasteiger partial charge in [0.1, 0.15) is 5.91 Å². The summed E-state index contributed by atoms with van der Waals surface area (Å²) in [6.07, 6.45) is 4.34. The van der Waals surface area contributed by atoms with Crippen molar-refractivity contribution in [1.82, 2.24) is 0 Å². The Morgan fingerprint density at radius 3 is 2.56 bits per heavy atom. The summed E-state index contributed by atoms with van der Waals surface area (Å²) in [5.41, 5.74) is 0. The molecule has 0 heterocycles. The minimum Gasteiger partial charge on any atom is -0.463 e. The van der Waals surface area contributed by atoms with Crippen LogP contribution in [0.25, 0.3) is 0 Å². The van der Waals surface area contributed by atoms with Crippen LogP contribution in [0.15, 0.2) is 12.7 Å². The van der Waals surface area contributed by atoms with E-state index in [0.717, 1.165) is 19.3 Å². The lowest BCUT2D eigenvalue weighted by atomic mass is 10.3. The van der Waals surface area contributed by atoms with Crippen molar-refractivity contribution in [2.24, 2.45) is 0 Å². The summed E-state index contributed by atoms with van der Waals surface area (Å²) in [5.74, 6) is -0.299. The topological polar surface area (TPSA) is 44.8 Å². The maximum atomic E-state index is 10.7. The van der Waals surface area contributed by atoms with E-state index >= 15 is 0 Å². The normalized spacial score (nSPS) is 11.2. The number of ether oxygens (including phenoxy) is 3. The Kier molecular flexibility index (Phi) is 10.4. The first-order valence-electron chi connectivity index (χ1n) is 5.59. The van der Waals surface area contributed by atoms with Crippen LogP contribution in [-0.4, -0.2) is 42.2 Å². The van der Waals surface area contributed by atoms with Crippen molar-refractivity contribution in [3.05, 3.63) is 12.7 Å². The van der Waals surface area contributed by atoms with Crippen LogP contribution in [0.1, 0.15) is 19.3 Å². The van der Waals surface area contributed by atoms with E-state index in [2.05, 4.69) is 6.58 Å². The van der Waals surface area contributed by atoms with E-state index in [-0.39, 0.29) is 21.4 Å². The summed E-state index contributed by atoms with van der Waals surface area (Å²) < 4.78 is 15.1. The van der Waals surface area contributed by atoms with Crippen molar-refractivity contribution in [3.8, 4) is 0 Å². The van der Waals surface area contributed by atoms with Gasteiger partial charge in [-0.25, -0.2) is 4.79 Å². The zero-order valence-electron chi connectivity index (χ0n) is 10.2. The first-order chi connectivity index (χ1) is 7.74. The fourth-order valence-electron chi connectivity index (χ4n) is 1.33. The molecule has 0 aliphatic rings. The smallest absolute Gasteiger partial charge is 0.330 e. The SMILES string of the molecule is C=CC(=O)OCCCCC[SiH2]C(OC)OC. The van der Waals surface area contributed by atoms with Crippen LogP contribution in [-0.2, 0) is 19.0 Å². The Morgan fingerprint density at radius 1 is 1.31 bits per heavy atom. The molecule has 0 aromatic rings. The van der Waals surface area contributed by atoms with Crippen molar-refractivity contribution in [1.29, 1.82) is 0 Å². The summed E-state index contributed by atoms with van der Waals surface area (Å²) in [4.78, 5) is 10.7. The fourth-order valence-corrected chi connectivity index (χ4v) is 2.78. The number of hydrogen-bond donors (Lipinski definition) is 0. The lowest BCUT2D eigenvalue weighted by Crippen LogP contribution is -2.20. The minimum atomic E-state index is -0.340. The van der Waals surface area contributed by atoms with E-state index in [4.69, 9.17) is 14.2 Å². The molecule has 0 N–H and O–H groups in total. The third kappa shape index (κ3) is 8.64. The van der Waals surface area contributed by atoms with Gasteiger partial charge in [-0.1, -0.05) is 25.5 Å². The minimum absolute atomic E-state index is 0.0404. The molecular weight excluding hydrogens is 224 g/mol. The van der Waals surface area contributed by atoms with Crippen molar-refractivity contribution < 1.29 is 19.0 Å². The number of methoxy groups -OCH3 is 2. The van der Waals surface area contributed by atoms with Crippen LogP contribution in [0, 0.1) is 0 Å². The van der Waals surface area contributed by atoms with Gasteiger partial charge in [0.2, 0.25) is 0 Å². The van der Waals surface area contributed by atoms with Gasteiger partial charge in [-0.05, 0) is 6.42 Å². The Labute approximate surface area is 99.8 Å². The lowest BCUT2D eigenvalue weighted by Gasteiger charge is -2.12. The van der Waals surface area contributed by atoms with Gasteiger partial charge in [0.25, 0.3) is 0 Å². The molecule has 0 rings (SSSR count). The predicted octanol–water partition coefficient (Wildman–Crippen LogP) is 1.05. The highest BCUT2D eigenvalue weighted by molar-refractivity contribution is 6.36. The van der Waals surface area contributed by atoms with Gasteiger partial charge in [-0.15, -0.1) is 0 Å². The number of unbranched alkanes of at least 4 members (excludes halogenated alkanes) is 2. The molecule has 0 amide bonds. The fraction of sp³-hybridized carbons (Fsp3) is 0.727. The highest BCUT2D eigenvalue weighted by Gasteiger charge is 2.04. The van der Waals surface area contributed by atoms with Gasteiger partial charge in [-0.3, -0.25) is 0 Å². The zero-order valence-corrected chi connectivity index (χ0v) is 11.7. The van der Waals surface area contributed by atoms with E-state index in [1.54, 1.807) is 14.2 Å². The van der Waals surface area contributed by atoms with Crippen molar-refractivity contribution >= 4 is 15.5 Å². The van der Waals surface area contributed by atoms with Gasteiger partial charge in [-0.2, -0.15) is 0 Å². The molecule has 0 saturated heterocycles. The monoisotopic (exact) mass is 246 g/mol. The van der Waals surface area contributed by atoms with Crippen LogP contribution in [0.5, 0.6) is 0 Å². The highest BCUT2D eigenvalue weighted by Crippen LogP contribution is 2.03. The number of carbonyl (C=O) groups is 1. The first-order valence-corrected chi connectivity index (χ1v) is 7.41. The average Bonchev–Trinajstić information content (AvgIpc) is 2.32. The largest absolute Gasteiger partial charge is 0.463 e. The molecule has 0 aromatic carbocycles. The Bertz CT molecular complexity index is 192. The molecule has 0 fully saturated rings. The Morgan fingerprint density at radius 2 is 2.00 bits per heavy atom. The zero-order chi connectivity index (χ0) is 12.2. The van der Waals surface area contributed by atoms with E-state index in [1.807, 2.05) is 0 Å². The average molecular weight is 246 g/mol. The second-order valence-corrected chi connectivity index (χ2v) is 5.43. The molecule has 0 saturated carbocycles. The van der Waals surface area contributed by atoms with Crippen molar-refractivity contribution in [2.75, 3.05) is 20.8 Å². The molecular formula is C11H22O4Si. The maximum Gasteiger partial charge on any atom is 0.330 e. The molecule has 0 aliphatic carbocycles. The molecule has 5 heteroatoms. The van der Waals surface area contributed by atoms with Gasteiger partial charge < -0.3 is 14.2 Å².